The van der Waals surface area contributed by atoms with Crippen LogP contribution in [0.2, 0.25) is 0 Å². The van der Waals surface area contributed by atoms with Crippen LogP contribution in [-0.4, -0.2) is 0 Å². The summed E-state index contributed by atoms with van der Waals surface area (Å²) in [5, 5.41) is 0. The monoisotopic (exact) mass is 238 g/mol. The lowest BCUT2D eigenvalue weighted by Gasteiger charge is -1.99. The molecule has 0 aliphatic rings. The zero-order valence-corrected chi connectivity index (χ0v) is 10.3. The van der Waals surface area contributed by atoms with Crippen LogP contribution < -0.4 is 11.5 Å². The molecule has 0 amide bonds. The SMILES string of the molecule is NCc1ccc(/C=C\c2cccc(CN)c2)cc1. The first-order chi connectivity index (χ1) is 8.81. The van der Waals surface area contributed by atoms with Gasteiger partial charge in [-0.3, -0.25) is 0 Å². The lowest BCUT2D eigenvalue weighted by Crippen LogP contribution is -1.95. The molecule has 0 saturated heterocycles. The third-order valence-corrected chi connectivity index (χ3v) is 2.87. The van der Waals surface area contributed by atoms with Crippen molar-refractivity contribution in [1.82, 2.24) is 0 Å². The van der Waals surface area contributed by atoms with Crippen LogP contribution in [0.5, 0.6) is 0 Å². The molecule has 92 valence electrons. The standard InChI is InChI=1S/C16H18N2/c17-11-15-8-5-13(6-9-15)4-7-14-2-1-3-16(10-14)12-18/h1-10H,11-12,17-18H2/b7-4-. The number of hydrogen-bond acceptors (Lipinski definition) is 2. The minimum atomic E-state index is 0.576. The van der Waals surface area contributed by atoms with Crippen LogP contribution in [0.3, 0.4) is 0 Å². The van der Waals surface area contributed by atoms with Crippen molar-refractivity contribution in [2.75, 3.05) is 0 Å². The molecule has 2 nitrogen and oxygen atoms in total. The molecule has 0 unspecified atom stereocenters. The van der Waals surface area contributed by atoms with Gasteiger partial charge in [-0.1, -0.05) is 60.7 Å². The van der Waals surface area contributed by atoms with Gasteiger partial charge in [-0.25, -0.2) is 0 Å². The molecule has 2 aromatic rings. The molecule has 0 aliphatic carbocycles. The van der Waals surface area contributed by atoms with Crippen LogP contribution in [-0.2, 0) is 13.1 Å². The minimum absolute atomic E-state index is 0.576. The molecule has 2 rings (SSSR count). The fraction of sp³-hybridized carbons (Fsp3) is 0.125. The first-order valence-electron chi connectivity index (χ1n) is 6.08. The summed E-state index contributed by atoms with van der Waals surface area (Å²) < 4.78 is 0. The summed E-state index contributed by atoms with van der Waals surface area (Å²) in [5.74, 6) is 0. The molecule has 0 spiro atoms. The van der Waals surface area contributed by atoms with E-state index in [2.05, 4.69) is 48.6 Å². The zero-order chi connectivity index (χ0) is 12.8. The first-order valence-corrected chi connectivity index (χ1v) is 6.08. The van der Waals surface area contributed by atoms with Gasteiger partial charge in [-0.05, 0) is 22.3 Å². The quantitative estimate of drug-likeness (QED) is 0.805. The second-order valence-electron chi connectivity index (χ2n) is 4.23. The van der Waals surface area contributed by atoms with Gasteiger partial charge >= 0.3 is 0 Å². The molecular weight excluding hydrogens is 220 g/mol. The van der Waals surface area contributed by atoms with E-state index in [1.54, 1.807) is 0 Å². The summed E-state index contributed by atoms with van der Waals surface area (Å²) in [5.41, 5.74) is 15.8. The molecule has 18 heavy (non-hydrogen) atoms. The molecule has 0 heterocycles. The highest BCUT2D eigenvalue weighted by molar-refractivity contribution is 5.69. The third-order valence-electron chi connectivity index (χ3n) is 2.87. The fourth-order valence-electron chi connectivity index (χ4n) is 1.78. The Balaban J connectivity index is 2.13. The third kappa shape index (κ3) is 3.29. The van der Waals surface area contributed by atoms with E-state index in [1.807, 2.05) is 12.1 Å². The van der Waals surface area contributed by atoms with E-state index in [4.69, 9.17) is 11.5 Å². The second-order valence-corrected chi connectivity index (χ2v) is 4.23. The van der Waals surface area contributed by atoms with Crippen LogP contribution in [0.4, 0.5) is 0 Å². The topological polar surface area (TPSA) is 52.0 Å². The van der Waals surface area contributed by atoms with Crippen LogP contribution in [0.25, 0.3) is 12.2 Å². The predicted octanol–water partition coefficient (Wildman–Crippen LogP) is 2.77. The van der Waals surface area contributed by atoms with Crippen molar-refractivity contribution in [3.8, 4) is 0 Å². The molecule has 0 saturated carbocycles. The van der Waals surface area contributed by atoms with E-state index in [0.717, 1.165) is 11.1 Å². The largest absolute Gasteiger partial charge is 0.326 e. The lowest BCUT2D eigenvalue weighted by atomic mass is 10.1. The fourth-order valence-corrected chi connectivity index (χ4v) is 1.78. The van der Waals surface area contributed by atoms with Gasteiger partial charge < -0.3 is 11.5 Å². The molecule has 0 fully saturated rings. The van der Waals surface area contributed by atoms with Gasteiger partial charge in [-0.15, -0.1) is 0 Å². The summed E-state index contributed by atoms with van der Waals surface area (Å²) in [4.78, 5) is 0. The minimum Gasteiger partial charge on any atom is -0.326 e. The average Bonchev–Trinajstić information content (AvgIpc) is 2.46. The van der Waals surface area contributed by atoms with Crippen LogP contribution >= 0.6 is 0 Å². The van der Waals surface area contributed by atoms with Gasteiger partial charge in [0.1, 0.15) is 0 Å². The predicted molar refractivity (Wildman–Crippen MR) is 77.6 cm³/mol. The first kappa shape index (κ1) is 12.6. The highest BCUT2D eigenvalue weighted by Crippen LogP contribution is 2.11. The highest BCUT2D eigenvalue weighted by atomic mass is 14.5. The number of benzene rings is 2. The highest BCUT2D eigenvalue weighted by Gasteiger charge is 1.92. The van der Waals surface area contributed by atoms with Crippen molar-refractivity contribution < 1.29 is 0 Å². The van der Waals surface area contributed by atoms with Crippen LogP contribution in [0.1, 0.15) is 22.3 Å². The molecule has 0 radical (unpaired) electrons. The summed E-state index contributed by atoms with van der Waals surface area (Å²) in [6, 6.07) is 16.5. The maximum atomic E-state index is 5.62. The average molecular weight is 238 g/mol. The van der Waals surface area contributed by atoms with Crippen molar-refractivity contribution in [1.29, 1.82) is 0 Å². The number of rotatable bonds is 4. The Kier molecular flexibility index (Phi) is 4.29. The van der Waals surface area contributed by atoms with Crippen molar-refractivity contribution in [2.24, 2.45) is 11.5 Å². The Morgan fingerprint density at radius 3 is 2.06 bits per heavy atom. The van der Waals surface area contributed by atoms with Gasteiger partial charge in [-0.2, -0.15) is 0 Å². The zero-order valence-electron chi connectivity index (χ0n) is 10.3. The van der Waals surface area contributed by atoms with Crippen molar-refractivity contribution in [3.05, 3.63) is 70.8 Å². The van der Waals surface area contributed by atoms with Gasteiger partial charge in [0.25, 0.3) is 0 Å². The van der Waals surface area contributed by atoms with E-state index < -0.39 is 0 Å². The normalized spacial score (nSPS) is 11.0. The molecule has 0 atom stereocenters. The Morgan fingerprint density at radius 1 is 0.722 bits per heavy atom. The molecule has 0 aromatic heterocycles. The van der Waals surface area contributed by atoms with Crippen molar-refractivity contribution in [2.45, 2.75) is 13.1 Å². The molecule has 2 heteroatoms. The van der Waals surface area contributed by atoms with Gasteiger partial charge in [0, 0.05) is 13.1 Å². The Bertz CT molecular complexity index is 527. The second kappa shape index (κ2) is 6.15. The van der Waals surface area contributed by atoms with E-state index in [9.17, 15) is 0 Å². The van der Waals surface area contributed by atoms with E-state index in [1.165, 1.54) is 11.1 Å². The lowest BCUT2D eigenvalue weighted by molar-refractivity contribution is 1.07. The summed E-state index contributed by atoms with van der Waals surface area (Å²) in [6.45, 7) is 1.16. The van der Waals surface area contributed by atoms with Gasteiger partial charge in [0.15, 0.2) is 0 Å². The molecular formula is C16H18N2. The van der Waals surface area contributed by atoms with Gasteiger partial charge in [0.2, 0.25) is 0 Å². The Labute approximate surface area is 108 Å². The summed E-state index contributed by atoms with van der Waals surface area (Å²) >= 11 is 0. The number of nitrogens with two attached hydrogens (primary N) is 2. The van der Waals surface area contributed by atoms with E-state index in [-0.39, 0.29) is 0 Å². The summed E-state index contributed by atoms with van der Waals surface area (Å²) in [7, 11) is 0. The molecule has 2 aromatic carbocycles. The van der Waals surface area contributed by atoms with Gasteiger partial charge in [0.05, 0.1) is 0 Å². The molecule has 4 N–H and O–H groups in total. The Morgan fingerprint density at radius 2 is 1.39 bits per heavy atom. The smallest absolute Gasteiger partial charge is 0.0178 e. The van der Waals surface area contributed by atoms with E-state index in [0.29, 0.717) is 13.1 Å². The van der Waals surface area contributed by atoms with Crippen molar-refractivity contribution >= 4 is 12.2 Å². The van der Waals surface area contributed by atoms with Crippen LogP contribution in [0.15, 0.2) is 48.5 Å². The summed E-state index contributed by atoms with van der Waals surface area (Å²) in [6.07, 6.45) is 4.19. The molecule has 0 bridgehead atoms. The maximum absolute atomic E-state index is 5.62. The maximum Gasteiger partial charge on any atom is 0.0178 e. The Hall–Kier alpha value is -1.90. The van der Waals surface area contributed by atoms with Crippen LogP contribution in [0, 0.1) is 0 Å². The van der Waals surface area contributed by atoms with Crippen molar-refractivity contribution in [3.63, 3.8) is 0 Å². The van der Waals surface area contributed by atoms with E-state index >= 15 is 0 Å². The number of hydrogen-bond donors (Lipinski definition) is 2. The molecule has 0 aliphatic heterocycles.